The minimum Gasteiger partial charge on any atom is -0.479 e. The molecule has 0 aliphatic rings. The molecule has 1 rings (SSSR count). The molecular formula is C10H10F3N3O3. The number of primary amides is 1. The minimum absolute atomic E-state index is 0.334. The maximum atomic E-state index is 12.8. The van der Waals surface area contributed by atoms with Crippen molar-refractivity contribution in [2.24, 2.45) is 5.73 Å². The van der Waals surface area contributed by atoms with E-state index in [1.54, 1.807) is 5.32 Å². The second-order valence-electron chi connectivity index (χ2n) is 3.82. The fourth-order valence-electron chi connectivity index (χ4n) is 1.19. The summed E-state index contributed by atoms with van der Waals surface area (Å²) in [5.41, 5.74) is 1.35. The number of carbonyl (C=O) groups is 2. The number of rotatable bonds is 4. The van der Waals surface area contributed by atoms with E-state index in [4.69, 9.17) is 10.8 Å². The van der Waals surface area contributed by atoms with Crippen LogP contribution in [-0.4, -0.2) is 33.7 Å². The van der Waals surface area contributed by atoms with Crippen molar-refractivity contribution in [3.05, 3.63) is 23.9 Å². The van der Waals surface area contributed by atoms with Gasteiger partial charge in [0.1, 0.15) is 5.82 Å². The fraction of sp³-hybridized carbons (Fsp3) is 0.300. The molecule has 0 aliphatic heterocycles. The van der Waals surface area contributed by atoms with Gasteiger partial charge in [-0.05, 0) is 19.1 Å². The molecule has 0 spiro atoms. The number of carbonyl (C=O) groups excluding carboxylic acids is 1. The van der Waals surface area contributed by atoms with Gasteiger partial charge in [-0.3, -0.25) is 4.79 Å². The normalized spacial score (nSPS) is 14.5. The summed E-state index contributed by atoms with van der Waals surface area (Å²) in [6.07, 6.45) is -3.99. The van der Waals surface area contributed by atoms with E-state index in [2.05, 4.69) is 4.98 Å². The van der Waals surface area contributed by atoms with Gasteiger partial charge in [-0.2, -0.15) is 13.2 Å². The Hall–Kier alpha value is -2.32. The molecule has 9 heteroatoms. The standard InChI is InChI=1S/C10H10F3N3O3/c1-9(8(18)19,10(11,12)13)16-7-5(6(14)17)3-2-4-15-7/h2-4H,1H3,(H2,14,17)(H,15,16)(H,18,19). The molecule has 1 aromatic rings. The molecule has 1 heterocycles. The van der Waals surface area contributed by atoms with Crippen molar-refractivity contribution >= 4 is 17.7 Å². The summed E-state index contributed by atoms with van der Waals surface area (Å²) in [4.78, 5) is 25.4. The van der Waals surface area contributed by atoms with Crippen LogP contribution in [0.2, 0.25) is 0 Å². The third-order valence-corrected chi connectivity index (χ3v) is 2.44. The maximum absolute atomic E-state index is 12.8. The number of alkyl halides is 3. The highest BCUT2D eigenvalue weighted by Gasteiger charge is 2.58. The molecule has 0 bridgehead atoms. The summed E-state index contributed by atoms with van der Waals surface area (Å²) in [5, 5.41) is 10.4. The van der Waals surface area contributed by atoms with Gasteiger partial charge in [0.25, 0.3) is 5.91 Å². The molecule has 0 aliphatic carbocycles. The van der Waals surface area contributed by atoms with Crippen molar-refractivity contribution in [1.29, 1.82) is 0 Å². The van der Waals surface area contributed by atoms with Crippen LogP contribution in [-0.2, 0) is 4.79 Å². The average molecular weight is 277 g/mol. The van der Waals surface area contributed by atoms with Crippen molar-refractivity contribution in [2.45, 2.75) is 18.6 Å². The van der Waals surface area contributed by atoms with Gasteiger partial charge in [-0.1, -0.05) is 0 Å². The largest absolute Gasteiger partial charge is 0.479 e. The number of aromatic nitrogens is 1. The first-order valence-corrected chi connectivity index (χ1v) is 4.92. The maximum Gasteiger partial charge on any atom is 0.422 e. The Kier molecular flexibility index (Phi) is 3.68. The third kappa shape index (κ3) is 2.75. The van der Waals surface area contributed by atoms with Crippen LogP contribution in [0.4, 0.5) is 19.0 Å². The smallest absolute Gasteiger partial charge is 0.422 e. The Balaban J connectivity index is 3.27. The van der Waals surface area contributed by atoms with Crippen molar-refractivity contribution in [2.75, 3.05) is 5.32 Å². The van der Waals surface area contributed by atoms with E-state index in [0.29, 0.717) is 6.92 Å². The van der Waals surface area contributed by atoms with Crippen molar-refractivity contribution < 1.29 is 27.9 Å². The molecule has 1 amide bonds. The van der Waals surface area contributed by atoms with Gasteiger partial charge < -0.3 is 16.2 Å². The molecule has 6 nitrogen and oxygen atoms in total. The molecule has 0 saturated carbocycles. The molecule has 4 N–H and O–H groups in total. The Bertz CT molecular complexity index is 518. The van der Waals surface area contributed by atoms with Crippen LogP contribution in [0.25, 0.3) is 0 Å². The SMILES string of the molecule is CC(Nc1ncccc1C(N)=O)(C(=O)O)C(F)(F)F. The van der Waals surface area contributed by atoms with Gasteiger partial charge >= 0.3 is 12.1 Å². The highest BCUT2D eigenvalue weighted by Crippen LogP contribution is 2.33. The van der Waals surface area contributed by atoms with E-state index in [-0.39, 0.29) is 5.56 Å². The number of anilines is 1. The Labute approximate surface area is 105 Å². The molecule has 0 fully saturated rings. The number of pyridine rings is 1. The minimum atomic E-state index is -5.09. The Morgan fingerprint density at radius 1 is 1.42 bits per heavy atom. The van der Waals surface area contributed by atoms with Crippen LogP contribution in [0.15, 0.2) is 18.3 Å². The lowest BCUT2D eigenvalue weighted by atomic mass is 10.0. The third-order valence-electron chi connectivity index (χ3n) is 2.44. The molecule has 19 heavy (non-hydrogen) atoms. The number of aliphatic carboxylic acids is 1. The molecule has 1 aromatic heterocycles. The zero-order chi connectivity index (χ0) is 14.8. The highest BCUT2D eigenvalue weighted by molar-refractivity contribution is 5.98. The summed E-state index contributed by atoms with van der Waals surface area (Å²) in [6, 6.07) is 2.42. The van der Waals surface area contributed by atoms with Gasteiger partial charge in [0.15, 0.2) is 0 Å². The quantitative estimate of drug-likeness (QED) is 0.761. The first-order chi connectivity index (χ1) is 8.59. The van der Waals surface area contributed by atoms with E-state index in [1.807, 2.05) is 0 Å². The van der Waals surface area contributed by atoms with Crippen molar-refractivity contribution in [3.63, 3.8) is 0 Å². The summed E-state index contributed by atoms with van der Waals surface area (Å²) in [5.74, 6) is -3.72. The lowest BCUT2D eigenvalue weighted by Crippen LogP contribution is -2.56. The second-order valence-corrected chi connectivity index (χ2v) is 3.82. The molecular weight excluding hydrogens is 267 g/mol. The van der Waals surface area contributed by atoms with Gasteiger partial charge in [0.2, 0.25) is 5.54 Å². The summed E-state index contributed by atoms with van der Waals surface area (Å²) < 4.78 is 38.4. The van der Waals surface area contributed by atoms with E-state index >= 15 is 0 Å². The van der Waals surface area contributed by atoms with Crippen LogP contribution in [0, 0.1) is 0 Å². The number of carboxylic acid groups (broad SMARTS) is 1. The van der Waals surface area contributed by atoms with E-state index in [1.165, 1.54) is 6.07 Å². The number of hydrogen-bond acceptors (Lipinski definition) is 4. The fourth-order valence-corrected chi connectivity index (χ4v) is 1.19. The lowest BCUT2D eigenvalue weighted by molar-refractivity contribution is -0.193. The van der Waals surface area contributed by atoms with Crippen molar-refractivity contribution in [1.82, 2.24) is 4.98 Å². The van der Waals surface area contributed by atoms with E-state index in [9.17, 15) is 22.8 Å². The molecule has 0 aromatic carbocycles. The topological polar surface area (TPSA) is 105 Å². The first-order valence-electron chi connectivity index (χ1n) is 4.92. The monoisotopic (exact) mass is 277 g/mol. The second kappa shape index (κ2) is 4.75. The molecule has 0 saturated heterocycles. The van der Waals surface area contributed by atoms with E-state index in [0.717, 1.165) is 12.3 Å². The molecule has 1 atom stereocenters. The summed E-state index contributed by atoms with van der Waals surface area (Å²) in [7, 11) is 0. The lowest BCUT2D eigenvalue weighted by Gasteiger charge is -2.29. The van der Waals surface area contributed by atoms with Gasteiger partial charge in [-0.15, -0.1) is 0 Å². The Morgan fingerprint density at radius 2 is 2.00 bits per heavy atom. The van der Waals surface area contributed by atoms with Crippen LogP contribution in [0.3, 0.4) is 0 Å². The molecule has 1 unspecified atom stereocenters. The molecule has 0 radical (unpaired) electrons. The van der Waals surface area contributed by atoms with Crippen LogP contribution >= 0.6 is 0 Å². The number of carboxylic acids is 1. The van der Waals surface area contributed by atoms with Gasteiger partial charge in [-0.25, -0.2) is 9.78 Å². The number of amides is 1. The van der Waals surface area contributed by atoms with Crippen LogP contribution in [0.5, 0.6) is 0 Å². The van der Waals surface area contributed by atoms with Gasteiger partial charge in [0.05, 0.1) is 5.56 Å². The number of nitrogens with two attached hydrogens (primary N) is 1. The summed E-state index contributed by atoms with van der Waals surface area (Å²) in [6.45, 7) is 0.425. The first kappa shape index (κ1) is 14.7. The summed E-state index contributed by atoms with van der Waals surface area (Å²) >= 11 is 0. The molecule has 104 valence electrons. The van der Waals surface area contributed by atoms with Crippen LogP contribution < -0.4 is 11.1 Å². The van der Waals surface area contributed by atoms with Crippen molar-refractivity contribution in [3.8, 4) is 0 Å². The predicted octanol–water partition coefficient (Wildman–Crippen LogP) is 0.998. The number of hydrogen-bond donors (Lipinski definition) is 3. The zero-order valence-corrected chi connectivity index (χ0v) is 9.65. The van der Waals surface area contributed by atoms with E-state index < -0.39 is 29.4 Å². The number of nitrogens with one attached hydrogen (secondary N) is 1. The van der Waals surface area contributed by atoms with Gasteiger partial charge in [0, 0.05) is 6.20 Å². The van der Waals surface area contributed by atoms with Crippen LogP contribution in [0.1, 0.15) is 17.3 Å². The number of halogens is 3. The zero-order valence-electron chi connectivity index (χ0n) is 9.65. The highest BCUT2D eigenvalue weighted by atomic mass is 19.4. The number of nitrogens with zero attached hydrogens (tertiary/aromatic N) is 1. The average Bonchev–Trinajstić information content (AvgIpc) is 2.27. The Morgan fingerprint density at radius 3 is 2.42 bits per heavy atom. The predicted molar refractivity (Wildman–Crippen MR) is 58.5 cm³/mol.